The zero-order valence-electron chi connectivity index (χ0n) is 11.8. The fourth-order valence-electron chi connectivity index (χ4n) is 1.96. The summed E-state index contributed by atoms with van der Waals surface area (Å²) in [6.07, 6.45) is 0.339. The quantitative estimate of drug-likeness (QED) is 0.708. The fourth-order valence-corrected chi connectivity index (χ4v) is 1.96. The molecule has 3 amide bonds. The number of urea groups is 1. The van der Waals surface area contributed by atoms with Crippen molar-refractivity contribution in [1.82, 2.24) is 15.8 Å². The van der Waals surface area contributed by atoms with E-state index in [1.807, 2.05) is 18.2 Å². The summed E-state index contributed by atoms with van der Waals surface area (Å²) in [7, 11) is 0. The molecule has 21 heavy (non-hydrogen) atoms. The number of hydrazine groups is 1. The van der Waals surface area contributed by atoms with E-state index in [9.17, 15) is 9.59 Å². The molecule has 2 rings (SSSR count). The van der Waals surface area contributed by atoms with Crippen LogP contribution in [0.4, 0.5) is 10.5 Å². The molecule has 3 N–H and O–H groups in total. The van der Waals surface area contributed by atoms with Crippen molar-refractivity contribution in [2.24, 2.45) is 0 Å². The first kappa shape index (κ1) is 15.3. The van der Waals surface area contributed by atoms with E-state index in [-0.39, 0.29) is 5.91 Å². The molecule has 1 aliphatic heterocycles. The van der Waals surface area contributed by atoms with Crippen molar-refractivity contribution in [2.75, 3.05) is 38.2 Å². The van der Waals surface area contributed by atoms with Gasteiger partial charge >= 0.3 is 6.03 Å². The molecule has 7 nitrogen and oxygen atoms in total. The van der Waals surface area contributed by atoms with Crippen molar-refractivity contribution in [3.05, 3.63) is 30.3 Å². The van der Waals surface area contributed by atoms with Gasteiger partial charge in [-0.1, -0.05) is 18.2 Å². The summed E-state index contributed by atoms with van der Waals surface area (Å²) in [6.45, 7) is 3.76. The molecule has 0 unspecified atom stereocenters. The lowest BCUT2D eigenvalue weighted by atomic mass is 10.3. The predicted octanol–water partition coefficient (Wildman–Crippen LogP) is 0.562. The molecular formula is C14H20N4O3. The number of para-hydroxylation sites is 1. The summed E-state index contributed by atoms with van der Waals surface area (Å²) in [5, 5.41) is 2.61. The van der Waals surface area contributed by atoms with Gasteiger partial charge < -0.3 is 10.1 Å². The first-order valence-corrected chi connectivity index (χ1v) is 6.95. The van der Waals surface area contributed by atoms with Gasteiger partial charge in [0.05, 0.1) is 13.2 Å². The Morgan fingerprint density at radius 1 is 1.10 bits per heavy atom. The highest BCUT2D eigenvalue weighted by atomic mass is 16.5. The normalized spacial score (nSPS) is 15.2. The topological polar surface area (TPSA) is 82.7 Å². The Bertz CT molecular complexity index is 461. The number of carbonyl (C=O) groups is 2. The van der Waals surface area contributed by atoms with Gasteiger partial charge in [0, 0.05) is 31.7 Å². The second kappa shape index (κ2) is 8.23. The third-order valence-electron chi connectivity index (χ3n) is 3.11. The molecule has 1 aromatic carbocycles. The second-order valence-corrected chi connectivity index (χ2v) is 4.70. The Hall–Kier alpha value is -2.12. The van der Waals surface area contributed by atoms with E-state index < -0.39 is 6.03 Å². The minimum atomic E-state index is -0.471. The van der Waals surface area contributed by atoms with Crippen LogP contribution in [0, 0.1) is 0 Å². The number of nitrogens with zero attached hydrogens (tertiary/aromatic N) is 1. The number of carbonyl (C=O) groups excluding carboxylic acids is 2. The van der Waals surface area contributed by atoms with Crippen molar-refractivity contribution in [3.8, 4) is 0 Å². The highest BCUT2D eigenvalue weighted by molar-refractivity contribution is 5.90. The number of ether oxygens (including phenoxy) is 1. The smallest absolute Gasteiger partial charge is 0.337 e. The number of anilines is 1. The van der Waals surface area contributed by atoms with Crippen LogP contribution in [0.3, 0.4) is 0 Å². The van der Waals surface area contributed by atoms with Crippen molar-refractivity contribution in [2.45, 2.75) is 6.42 Å². The average Bonchev–Trinajstić information content (AvgIpc) is 2.53. The van der Waals surface area contributed by atoms with E-state index in [0.717, 1.165) is 13.1 Å². The fraction of sp³-hybridized carbons (Fsp3) is 0.429. The average molecular weight is 292 g/mol. The minimum absolute atomic E-state index is 0.218. The van der Waals surface area contributed by atoms with Crippen LogP contribution < -0.4 is 16.2 Å². The van der Waals surface area contributed by atoms with Crippen LogP contribution >= 0.6 is 0 Å². The van der Waals surface area contributed by atoms with Crippen LogP contribution in [-0.4, -0.2) is 49.7 Å². The molecule has 7 heteroatoms. The summed E-state index contributed by atoms with van der Waals surface area (Å²) in [4.78, 5) is 25.3. The Morgan fingerprint density at radius 3 is 2.52 bits per heavy atom. The lowest BCUT2D eigenvalue weighted by molar-refractivity contribution is -0.122. The number of morpholine rings is 1. The van der Waals surface area contributed by atoms with Gasteiger partial charge in [0.15, 0.2) is 0 Å². The zero-order valence-corrected chi connectivity index (χ0v) is 11.8. The van der Waals surface area contributed by atoms with Gasteiger partial charge in [0.25, 0.3) is 0 Å². The third-order valence-corrected chi connectivity index (χ3v) is 3.11. The number of nitrogens with one attached hydrogen (secondary N) is 3. The monoisotopic (exact) mass is 292 g/mol. The van der Waals surface area contributed by atoms with Gasteiger partial charge in [-0.05, 0) is 12.1 Å². The summed E-state index contributed by atoms with van der Waals surface area (Å²) in [6, 6.07) is 8.55. The number of benzene rings is 1. The van der Waals surface area contributed by atoms with E-state index in [2.05, 4.69) is 21.1 Å². The Balaban J connectivity index is 1.60. The zero-order chi connectivity index (χ0) is 14.9. The van der Waals surface area contributed by atoms with Gasteiger partial charge in [-0.3, -0.25) is 15.1 Å². The van der Waals surface area contributed by atoms with Crippen LogP contribution in [0.5, 0.6) is 0 Å². The molecule has 0 aliphatic carbocycles. The van der Waals surface area contributed by atoms with Gasteiger partial charge in [-0.25, -0.2) is 10.2 Å². The van der Waals surface area contributed by atoms with E-state index in [4.69, 9.17) is 4.74 Å². The molecule has 1 saturated heterocycles. The van der Waals surface area contributed by atoms with E-state index >= 15 is 0 Å². The largest absolute Gasteiger partial charge is 0.379 e. The highest BCUT2D eigenvalue weighted by Crippen LogP contribution is 2.03. The van der Waals surface area contributed by atoms with E-state index in [0.29, 0.717) is 31.9 Å². The Morgan fingerprint density at radius 2 is 1.81 bits per heavy atom. The van der Waals surface area contributed by atoms with E-state index in [1.165, 1.54) is 0 Å². The number of rotatable bonds is 4. The third kappa shape index (κ3) is 5.80. The molecule has 0 radical (unpaired) electrons. The summed E-state index contributed by atoms with van der Waals surface area (Å²) in [5.74, 6) is -0.218. The van der Waals surface area contributed by atoms with Crippen LogP contribution in [0.15, 0.2) is 30.3 Å². The molecule has 0 atom stereocenters. The van der Waals surface area contributed by atoms with Crippen LogP contribution in [0.2, 0.25) is 0 Å². The maximum absolute atomic E-state index is 11.6. The lowest BCUT2D eigenvalue weighted by Crippen LogP contribution is -2.45. The van der Waals surface area contributed by atoms with Gasteiger partial charge in [0.2, 0.25) is 5.91 Å². The van der Waals surface area contributed by atoms with E-state index in [1.54, 1.807) is 12.1 Å². The number of amides is 3. The van der Waals surface area contributed by atoms with Gasteiger partial charge in [-0.15, -0.1) is 0 Å². The molecule has 0 bridgehead atoms. The molecule has 1 fully saturated rings. The molecule has 114 valence electrons. The highest BCUT2D eigenvalue weighted by Gasteiger charge is 2.12. The Labute approximate surface area is 123 Å². The van der Waals surface area contributed by atoms with Crippen LogP contribution in [0.1, 0.15) is 6.42 Å². The molecule has 1 heterocycles. The molecule has 0 saturated carbocycles. The molecule has 0 spiro atoms. The minimum Gasteiger partial charge on any atom is -0.379 e. The molecule has 0 aromatic heterocycles. The first-order chi connectivity index (χ1) is 10.2. The summed E-state index contributed by atoms with van der Waals surface area (Å²) in [5.41, 5.74) is 5.37. The van der Waals surface area contributed by atoms with Crippen molar-refractivity contribution in [1.29, 1.82) is 0 Å². The lowest BCUT2D eigenvalue weighted by Gasteiger charge is -2.26. The predicted molar refractivity (Wildman–Crippen MR) is 78.6 cm³/mol. The first-order valence-electron chi connectivity index (χ1n) is 6.95. The Kier molecular flexibility index (Phi) is 5.99. The molecule has 1 aliphatic rings. The van der Waals surface area contributed by atoms with Crippen molar-refractivity contribution in [3.63, 3.8) is 0 Å². The summed E-state index contributed by atoms with van der Waals surface area (Å²) < 4.78 is 5.23. The van der Waals surface area contributed by atoms with Crippen molar-refractivity contribution >= 4 is 17.6 Å². The molecular weight excluding hydrogens is 272 g/mol. The number of hydrogen-bond donors (Lipinski definition) is 3. The maximum atomic E-state index is 11.6. The number of hydrogen-bond acceptors (Lipinski definition) is 4. The summed E-state index contributed by atoms with van der Waals surface area (Å²) >= 11 is 0. The van der Waals surface area contributed by atoms with Gasteiger partial charge in [0.1, 0.15) is 0 Å². The van der Waals surface area contributed by atoms with Crippen LogP contribution in [0.25, 0.3) is 0 Å². The van der Waals surface area contributed by atoms with Gasteiger partial charge in [-0.2, -0.15) is 0 Å². The SMILES string of the molecule is O=C(CCN1CCOCC1)NNC(=O)Nc1ccccc1. The van der Waals surface area contributed by atoms with Crippen LogP contribution in [-0.2, 0) is 9.53 Å². The second-order valence-electron chi connectivity index (χ2n) is 4.70. The van der Waals surface area contributed by atoms with Crippen molar-refractivity contribution < 1.29 is 14.3 Å². The standard InChI is InChI=1S/C14H20N4O3/c19-13(6-7-18-8-10-21-11-9-18)16-17-14(20)15-12-4-2-1-3-5-12/h1-5H,6-11H2,(H,16,19)(H2,15,17,20). The molecule has 1 aromatic rings. The maximum Gasteiger partial charge on any atom is 0.337 e.